The zero-order valence-corrected chi connectivity index (χ0v) is 13.5. The third-order valence-corrected chi connectivity index (χ3v) is 3.28. The Labute approximate surface area is 135 Å². The average Bonchev–Trinajstić information content (AvgIpc) is 2.50. The van der Waals surface area contributed by atoms with Gasteiger partial charge in [0.1, 0.15) is 0 Å². The van der Waals surface area contributed by atoms with E-state index in [0.29, 0.717) is 17.9 Å². The quantitative estimate of drug-likeness (QED) is 0.892. The number of amides is 2. The largest absolute Gasteiger partial charge is 0.450 e. The van der Waals surface area contributed by atoms with Gasteiger partial charge in [-0.1, -0.05) is 23.8 Å². The molecule has 23 heavy (non-hydrogen) atoms. The van der Waals surface area contributed by atoms with Crippen molar-refractivity contribution in [2.45, 2.75) is 20.8 Å². The van der Waals surface area contributed by atoms with Crippen LogP contribution in [-0.2, 0) is 4.74 Å². The number of nitrogens with one attached hydrogen (secondary N) is 2. The van der Waals surface area contributed by atoms with Gasteiger partial charge in [0.25, 0.3) is 5.91 Å². The van der Waals surface area contributed by atoms with E-state index in [1.54, 1.807) is 31.2 Å². The summed E-state index contributed by atoms with van der Waals surface area (Å²) in [5.74, 6) is -0.232. The fraction of sp³-hybridized carbons (Fsp3) is 0.222. The summed E-state index contributed by atoms with van der Waals surface area (Å²) in [4.78, 5) is 23.8. The second-order valence-corrected chi connectivity index (χ2v) is 5.20. The first kappa shape index (κ1) is 16.5. The maximum atomic E-state index is 12.4. The summed E-state index contributed by atoms with van der Waals surface area (Å²) in [5, 5.41) is 5.46. The second-order valence-electron chi connectivity index (χ2n) is 5.20. The number of benzene rings is 2. The van der Waals surface area contributed by atoms with E-state index in [1.165, 1.54) is 0 Å². The number of aryl methyl sites for hydroxylation is 2. The Morgan fingerprint density at radius 1 is 1.04 bits per heavy atom. The predicted molar refractivity (Wildman–Crippen MR) is 91.0 cm³/mol. The maximum absolute atomic E-state index is 12.4. The number of carbonyl (C=O) groups excluding carboxylic acids is 2. The van der Waals surface area contributed by atoms with Gasteiger partial charge in [-0.05, 0) is 50.6 Å². The minimum Gasteiger partial charge on any atom is -0.450 e. The van der Waals surface area contributed by atoms with Gasteiger partial charge < -0.3 is 10.1 Å². The summed E-state index contributed by atoms with van der Waals surface area (Å²) in [6.45, 7) is 5.97. The number of ether oxygens (including phenoxy) is 1. The minimum atomic E-state index is -0.542. The van der Waals surface area contributed by atoms with Crippen molar-refractivity contribution in [3.05, 3.63) is 59.2 Å². The molecule has 0 saturated heterocycles. The molecular formula is C18H20N2O3. The first-order valence-electron chi connectivity index (χ1n) is 7.42. The molecular weight excluding hydrogens is 292 g/mol. The lowest BCUT2D eigenvalue weighted by atomic mass is 10.1. The van der Waals surface area contributed by atoms with E-state index in [1.807, 2.05) is 32.0 Å². The monoisotopic (exact) mass is 312 g/mol. The van der Waals surface area contributed by atoms with Gasteiger partial charge in [-0.15, -0.1) is 0 Å². The number of hydrogen-bond acceptors (Lipinski definition) is 3. The molecule has 0 heterocycles. The molecule has 2 N–H and O–H groups in total. The van der Waals surface area contributed by atoms with Gasteiger partial charge >= 0.3 is 6.09 Å². The standard InChI is InChI=1S/C18H20N2O3/c1-4-23-18(22)19-15-7-5-6-14(11-15)17(21)20-16-9-8-12(2)10-13(16)3/h5-11H,4H2,1-3H3,(H,19,22)(H,20,21). The lowest BCUT2D eigenvalue weighted by Crippen LogP contribution is -2.15. The third-order valence-electron chi connectivity index (χ3n) is 3.28. The summed E-state index contributed by atoms with van der Waals surface area (Å²) in [7, 11) is 0. The van der Waals surface area contributed by atoms with Crippen LogP contribution < -0.4 is 10.6 Å². The number of anilines is 2. The highest BCUT2D eigenvalue weighted by Gasteiger charge is 2.10. The van der Waals surface area contributed by atoms with Crippen molar-refractivity contribution >= 4 is 23.4 Å². The van der Waals surface area contributed by atoms with E-state index in [2.05, 4.69) is 10.6 Å². The molecule has 2 amide bonds. The number of carbonyl (C=O) groups is 2. The summed E-state index contributed by atoms with van der Waals surface area (Å²) in [5.41, 5.74) is 3.88. The van der Waals surface area contributed by atoms with Gasteiger partial charge in [0.2, 0.25) is 0 Å². The Morgan fingerprint density at radius 2 is 1.83 bits per heavy atom. The van der Waals surface area contributed by atoms with Crippen molar-refractivity contribution in [3.63, 3.8) is 0 Å². The van der Waals surface area contributed by atoms with Gasteiger partial charge in [0, 0.05) is 16.9 Å². The van der Waals surface area contributed by atoms with Gasteiger partial charge in [0.05, 0.1) is 6.61 Å². The molecule has 2 aromatic rings. The van der Waals surface area contributed by atoms with Gasteiger partial charge in [-0.25, -0.2) is 4.79 Å². The Balaban J connectivity index is 2.11. The van der Waals surface area contributed by atoms with E-state index < -0.39 is 6.09 Å². The molecule has 120 valence electrons. The first-order chi connectivity index (χ1) is 11.0. The minimum absolute atomic E-state index is 0.232. The van der Waals surface area contributed by atoms with Gasteiger partial charge in [-0.3, -0.25) is 10.1 Å². The predicted octanol–water partition coefficient (Wildman–Crippen LogP) is 4.12. The Hall–Kier alpha value is -2.82. The average molecular weight is 312 g/mol. The number of rotatable bonds is 4. The van der Waals surface area contributed by atoms with E-state index >= 15 is 0 Å². The van der Waals surface area contributed by atoms with Crippen LogP contribution in [0, 0.1) is 13.8 Å². The molecule has 2 aromatic carbocycles. The topological polar surface area (TPSA) is 67.4 Å². The van der Waals surface area contributed by atoms with E-state index in [0.717, 1.165) is 16.8 Å². The van der Waals surface area contributed by atoms with Crippen LogP contribution in [0.25, 0.3) is 0 Å². The van der Waals surface area contributed by atoms with Crippen molar-refractivity contribution in [1.82, 2.24) is 0 Å². The number of hydrogen-bond donors (Lipinski definition) is 2. The molecule has 0 radical (unpaired) electrons. The molecule has 0 bridgehead atoms. The van der Waals surface area contributed by atoms with Crippen LogP contribution in [-0.4, -0.2) is 18.6 Å². The van der Waals surface area contributed by atoms with Crippen LogP contribution in [0.2, 0.25) is 0 Å². The molecule has 0 fully saturated rings. The summed E-state index contributed by atoms with van der Waals surface area (Å²) in [6, 6.07) is 12.5. The molecule has 0 aliphatic carbocycles. The highest BCUT2D eigenvalue weighted by Crippen LogP contribution is 2.18. The van der Waals surface area contributed by atoms with Crippen molar-refractivity contribution in [3.8, 4) is 0 Å². The molecule has 0 spiro atoms. The fourth-order valence-corrected chi connectivity index (χ4v) is 2.17. The molecule has 5 heteroatoms. The van der Waals surface area contributed by atoms with Crippen LogP contribution in [0.3, 0.4) is 0 Å². The molecule has 0 aliphatic heterocycles. The van der Waals surface area contributed by atoms with Crippen LogP contribution in [0.5, 0.6) is 0 Å². The molecule has 2 rings (SSSR count). The smallest absolute Gasteiger partial charge is 0.411 e. The second kappa shape index (κ2) is 7.45. The first-order valence-corrected chi connectivity index (χ1v) is 7.42. The lowest BCUT2D eigenvalue weighted by molar-refractivity contribution is 0.102. The Bertz CT molecular complexity index is 726. The van der Waals surface area contributed by atoms with Crippen LogP contribution in [0.4, 0.5) is 16.2 Å². The summed E-state index contributed by atoms with van der Waals surface area (Å²) < 4.78 is 4.82. The molecule has 5 nitrogen and oxygen atoms in total. The van der Waals surface area contributed by atoms with Crippen LogP contribution in [0.15, 0.2) is 42.5 Å². The van der Waals surface area contributed by atoms with Crippen molar-refractivity contribution in [2.24, 2.45) is 0 Å². The molecule has 0 atom stereocenters. The van der Waals surface area contributed by atoms with Gasteiger partial charge in [0.15, 0.2) is 0 Å². The van der Waals surface area contributed by atoms with Gasteiger partial charge in [-0.2, -0.15) is 0 Å². The maximum Gasteiger partial charge on any atom is 0.411 e. The fourth-order valence-electron chi connectivity index (χ4n) is 2.17. The SMILES string of the molecule is CCOC(=O)Nc1cccc(C(=O)Nc2ccc(C)cc2C)c1. The van der Waals surface area contributed by atoms with Crippen molar-refractivity contribution in [1.29, 1.82) is 0 Å². The zero-order valence-electron chi connectivity index (χ0n) is 13.5. The van der Waals surface area contributed by atoms with E-state index in [4.69, 9.17) is 4.74 Å². The molecule has 0 aromatic heterocycles. The van der Waals surface area contributed by atoms with Crippen molar-refractivity contribution in [2.75, 3.05) is 17.2 Å². The van der Waals surface area contributed by atoms with E-state index in [9.17, 15) is 9.59 Å². The summed E-state index contributed by atoms with van der Waals surface area (Å²) >= 11 is 0. The van der Waals surface area contributed by atoms with Crippen LogP contribution >= 0.6 is 0 Å². The Morgan fingerprint density at radius 3 is 2.52 bits per heavy atom. The Kier molecular flexibility index (Phi) is 5.36. The zero-order chi connectivity index (χ0) is 16.8. The molecule has 0 saturated carbocycles. The summed E-state index contributed by atoms with van der Waals surface area (Å²) in [6.07, 6.45) is -0.542. The van der Waals surface area contributed by atoms with E-state index in [-0.39, 0.29) is 5.91 Å². The highest BCUT2D eigenvalue weighted by molar-refractivity contribution is 6.05. The normalized spacial score (nSPS) is 10.0. The third kappa shape index (κ3) is 4.57. The highest BCUT2D eigenvalue weighted by atomic mass is 16.5. The molecule has 0 unspecified atom stereocenters. The molecule has 0 aliphatic rings. The van der Waals surface area contributed by atoms with Crippen LogP contribution in [0.1, 0.15) is 28.4 Å². The van der Waals surface area contributed by atoms with Crippen molar-refractivity contribution < 1.29 is 14.3 Å². The lowest BCUT2D eigenvalue weighted by Gasteiger charge is -2.10.